The summed E-state index contributed by atoms with van der Waals surface area (Å²) in [6.07, 6.45) is -0.103. The van der Waals surface area contributed by atoms with Crippen LogP contribution in [0.3, 0.4) is 0 Å². The van der Waals surface area contributed by atoms with Crippen LogP contribution in [0, 0.1) is 13.8 Å². The maximum atomic E-state index is 12.8. The first kappa shape index (κ1) is 19.8. The number of para-hydroxylation sites is 2. The minimum Gasteiger partial charge on any atom is -0.486 e. The highest BCUT2D eigenvalue weighted by Crippen LogP contribution is 2.32. The van der Waals surface area contributed by atoms with Crippen molar-refractivity contribution < 1.29 is 14.3 Å². The molecule has 0 aliphatic carbocycles. The molecule has 1 aliphatic heterocycles. The number of thioether (sulfide) groups is 1. The summed E-state index contributed by atoms with van der Waals surface area (Å²) >= 11 is 2.85. The molecule has 0 unspecified atom stereocenters. The van der Waals surface area contributed by atoms with Crippen LogP contribution in [0.5, 0.6) is 11.5 Å². The number of aromatic nitrogens is 3. The van der Waals surface area contributed by atoms with E-state index >= 15 is 0 Å². The number of hydrogen-bond acceptors (Lipinski definition) is 8. The van der Waals surface area contributed by atoms with Gasteiger partial charge < -0.3 is 19.4 Å². The Labute approximate surface area is 177 Å². The van der Waals surface area contributed by atoms with E-state index in [0.29, 0.717) is 18.9 Å². The second-order valence-electron chi connectivity index (χ2n) is 6.73. The molecule has 0 radical (unpaired) electrons. The maximum Gasteiger partial charge on any atom is 0.206 e. The minimum atomic E-state index is -0.103. The third-order valence-corrected chi connectivity index (χ3v) is 6.85. The fraction of sp³-hybridized carbons (Fsp3) is 0.350. The zero-order valence-electron chi connectivity index (χ0n) is 16.5. The van der Waals surface area contributed by atoms with Gasteiger partial charge in [0.1, 0.15) is 6.61 Å². The van der Waals surface area contributed by atoms with Crippen molar-refractivity contribution in [3.63, 3.8) is 0 Å². The Kier molecular flexibility index (Phi) is 5.77. The molecular formula is C20H22N4O3S2. The second-order valence-corrected chi connectivity index (χ2v) is 8.93. The maximum absolute atomic E-state index is 12.8. The van der Waals surface area contributed by atoms with Crippen molar-refractivity contribution in [1.82, 2.24) is 14.8 Å². The van der Waals surface area contributed by atoms with Crippen molar-refractivity contribution in [2.24, 2.45) is 0 Å². The molecular weight excluding hydrogens is 408 g/mol. The Morgan fingerprint density at radius 1 is 1.31 bits per heavy atom. The number of ketones is 1. The van der Waals surface area contributed by atoms with E-state index in [1.165, 1.54) is 23.1 Å². The Morgan fingerprint density at radius 2 is 2.10 bits per heavy atom. The molecule has 7 nitrogen and oxygen atoms in total. The largest absolute Gasteiger partial charge is 0.486 e. The summed E-state index contributed by atoms with van der Waals surface area (Å²) in [6, 6.07) is 9.64. The highest BCUT2D eigenvalue weighted by atomic mass is 32.2. The molecule has 3 aromatic rings. The molecule has 0 bridgehead atoms. The van der Waals surface area contributed by atoms with Gasteiger partial charge in [0.15, 0.2) is 27.7 Å². The molecule has 1 aromatic carbocycles. The summed E-state index contributed by atoms with van der Waals surface area (Å²) < 4.78 is 14.8. The van der Waals surface area contributed by atoms with Gasteiger partial charge in [-0.1, -0.05) is 35.2 Å². The molecule has 0 fully saturated rings. The van der Waals surface area contributed by atoms with Crippen LogP contribution in [0.4, 0.5) is 5.13 Å². The molecule has 4 rings (SSSR count). The number of benzene rings is 1. The standard InChI is InChI=1S/C20H22N4O3S2/c1-12-8-15(16(25)11-28-20-23-22-19(21-3)29-20)13(2)24(12)9-14-10-26-17-6-4-5-7-18(17)27-14/h4-8,14H,9-11H2,1-3H3,(H,21,22)/t14-/m0/s1. The van der Waals surface area contributed by atoms with Gasteiger partial charge in [-0.15, -0.1) is 10.2 Å². The lowest BCUT2D eigenvalue weighted by atomic mass is 10.2. The summed E-state index contributed by atoms with van der Waals surface area (Å²) in [5.41, 5.74) is 2.72. The molecule has 3 heterocycles. The Morgan fingerprint density at radius 3 is 2.86 bits per heavy atom. The Bertz CT molecular complexity index is 1030. The third-order valence-electron chi connectivity index (χ3n) is 4.77. The first-order valence-corrected chi connectivity index (χ1v) is 11.1. The predicted octanol–water partition coefficient (Wildman–Crippen LogP) is 3.81. The number of aryl methyl sites for hydroxylation is 1. The molecule has 0 amide bonds. The van der Waals surface area contributed by atoms with Crippen molar-refractivity contribution >= 4 is 34.0 Å². The fourth-order valence-electron chi connectivity index (χ4n) is 3.30. The molecule has 0 spiro atoms. The number of nitrogens with one attached hydrogen (secondary N) is 1. The second kappa shape index (κ2) is 8.46. The molecule has 2 aromatic heterocycles. The van der Waals surface area contributed by atoms with Gasteiger partial charge in [0.2, 0.25) is 5.13 Å². The van der Waals surface area contributed by atoms with E-state index in [1.807, 2.05) is 44.2 Å². The van der Waals surface area contributed by atoms with Crippen LogP contribution in [-0.4, -0.2) is 46.1 Å². The van der Waals surface area contributed by atoms with Crippen molar-refractivity contribution in [2.45, 2.75) is 30.8 Å². The zero-order chi connectivity index (χ0) is 20.4. The number of nitrogens with zero attached hydrogens (tertiary/aromatic N) is 3. The highest BCUT2D eigenvalue weighted by molar-refractivity contribution is 8.01. The van der Waals surface area contributed by atoms with E-state index in [2.05, 4.69) is 20.1 Å². The molecule has 0 saturated carbocycles. The molecule has 9 heteroatoms. The van der Waals surface area contributed by atoms with Gasteiger partial charge in [-0.05, 0) is 32.0 Å². The topological polar surface area (TPSA) is 78.3 Å². The molecule has 1 N–H and O–H groups in total. The molecule has 1 aliphatic rings. The smallest absolute Gasteiger partial charge is 0.206 e. The number of carbonyl (C=O) groups is 1. The lowest BCUT2D eigenvalue weighted by molar-refractivity contribution is 0.0777. The van der Waals surface area contributed by atoms with Crippen LogP contribution < -0.4 is 14.8 Å². The average molecular weight is 431 g/mol. The monoisotopic (exact) mass is 430 g/mol. The highest BCUT2D eigenvalue weighted by Gasteiger charge is 2.24. The minimum absolute atomic E-state index is 0.0849. The molecule has 152 valence electrons. The van der Waals surface area contributed by atoms with Gasteiger partial charge >= 0.3 is 0 Å². The number of fused-ring (bicyclic) bond motifs is 1. The lowest BCUT2D eigenvalue weighted by Crippen LogP contribution is -2.33. The third kappa shape index (κ3) is 4.25. The normalized spacial score (nSPS) is 15.3. The number of carbonyl (C=O) groups excluding carboxylic acids is 1. The first-order valence-electron chi connectivity index (χ1n) is 9.27. The van der Waals surface area contributed by atoms with E-state index < -0.39 is 0 Å². The van der Waals surface area contributed by atoms with Crippen LogP contribution in [0.25, 0.3) is 0 Å². The zero-order valence-corrected chi connectivity index (χ0v) is 18.1. The van der Waals surface area contributed by atoms with Gasteiger partial charge in [-0.3, -0.25) is 4.79 Å². The van der Waals surface area contributed by atoms with Crippen LogP contribution in [-0.2, 0) is 6.54 Å². The van der Waals surface area contributed by atoms with E-state index in [-0.39, 0.29) is 11.9 Å². The quantitative estimate of drug-likeness (QED) is 0.451. The SMILES string of the molecule is CNc1nnc(SCC(=O)c2cc(C)n(C[C@H]3COc4ccccc4O3)c2C)s1. The van der Waals surface area contributed by atoms with Crippen LogP contribution in [0.2, 0.25) is 0 Å². The summed E-state index contributed by atoms with van der Waals surface area (Å²) in [7, 11) is 1.80. The van der Waals surface area contributed by atoms with Crippen molar-refractivity contribution in [2.75, 3.05) is 24.7 Å². The number of Topliss-reactive ketones (excluding diaryl/α,β-unsaturated/α-hetero) is 1. The number of ether oxygens (including phenoxy) is 2. The molecule has 1 atom stereocenters. The van der Waals surface area contributed by atoms with Crippen molar-refractivity contribution in [3.05, 3.63) is 47.3 Å². The van der Waals surface area contributed by atoms with Gasteiger partial charge in [0.05, 0.1) is 12.3 Å². The summed E-state index contributed by atoms with van der Waals surface area (Å²) in [6.45, 7) is 5.11. The van der Waals surface area contributed by atoms with E-state index in [9.17, 15) is 4.79 Å². The van der Waals surface area contributed by atoms with Gasteiger partial charge in [-0.2, -0.15) is 0 Å². The molecule has 0 saturated heterocycles. The van der Waals surface area contributed by atoms with Gasteiger partial charge in [0.25, 0.3) is 0 Å². The first-order chi connectivity index (χ1) is 14.0. The van der Waals surface area contributed by atoms with Gasteiger partial charge in [-0.25, -0.2) is 0 Å². The number of hydrogen-bond donors (Lipinski definition) is 1. The van der Waals surface area contributed by atoms with Gasteiger partial charge in [0, 0.05) is 24.0 Å². The van der Waals surface area contributed by atoms with E-state index in [4.69, 9.17) is 9.47 Å². The van der Waals surface area contributed by atoms with Crippen LogP contribution in [0.15, 0.2) is 34.7 Å². The number of rotatable bonds is 7. The van der Waals surface area contributed by atoms with Crippen molar-refractivity contribution in [3.8, 4) is 11.5 Å². The summed E-state index contributed by atoms with van der Waals surface area (Å²) in [5, 5.41) is 11.8. The lowest BCUT2D eigenvalue weighted by Gasteiger charge is -2.27. The van der Waals surface area contributed by atoms with Crippen LogP contribution in [0.1, 0.15) is 21.7 Å². The predicted molar refractivity (Wildman–Crippen MR) is 115 cm³/mol. The summed E-state index contributed by atoms with van der Waals surface area (Å²) in [5.74, 6) is 1.95. The Hall–Kier alpha value is -2.52. The molecule has 29 heavy (non-hydrogen) atoms. The van der Waals surface area contributed by atoms with E-state index in [1.54, 1.807) is 7.05 Å². The van der Waals surface area contributed by atoms with Crippen molar-refractivity contribution in [1.29, 1.82) is 0 Å². The Balaban J connectivity index is 1.43. The van der Waals surface area contributed by atoms with Crippen LogP contribution >= 0.6 is 23.1 Å². The van der Waals surface area contributed by atoms with E-state index in [0.717, 1.165) is 37.9 Å². The average Bonchev–Trinajstić information content (AvgIpc) is 3.31. The number of anilines is 1. The fourth-order valence-corrected chi connectivity index (χ4v) is 4.88. The summed E-state index contributed by atoms with van der Waals surface area (Å²) in [4.78, 5) is 12.8.